The molecule has 0 radical (unpaired) electrons. The van der Waals surface area contributed by atoms with E-state index in [2.05, 4.69) is 10.2 Å². The van der Waals surface area contributed by atoms with Gasteiger partial charge in [0.1, 0.15) is 5.82 Å². The molecule has 1 aromatic rings. The molecule has 0 saturated heterocycles. The second kappa shape index (κ2) is 6.45. The molecule has 0 aliphatic rings. The number of nitrogens with zero attached hydrogens (tertiary/aromatic N) is 1. The highest BCUT2D eigenvalue weighted by Gasteiger charge is 2.07. The average Bonchev–Trinajstić information content (AvgIpc) is 2.26. The van der Waals surface area contributed by atoms with Gasteiger partial charge in [0.15, 0.2) is 0 Å². The monoisotopic (exact) mass is 226 g/mol. The lowest BCUT2D eigenvalue weighted by atomic mass is 10.1. The number of likely N-dealkylation sites (N-methyl/N-ethyl adjacent to an activating group) is 1. The summed E-state index contributed by atoms with van der Waals surface area (Å²) < 4.78 is 18.1. The first-order valence-electron chi connectivity index (χ1n) is 5.32. The number of nitrogens with one attached hydrogen (secondary N) is 1. The van der Waals surface area contributed by atoms with E-state index in [4.69, 9.17) is 4.74 Å². The Labute approximate surface area is 96.2 Å². The first-order valence-corrected chi connectivity index (χ1v) is 5.32. The second-order valence-corrected chi connectivity index (χ2v) is 3.72. The molecule has 0 unspecified atom stereocenters. The molecule has 0 atom stereocenters. The van der Waals surface area contributed by atoms with Gasteiger partial charge in [0.05, 0.1) is 6.61 Å². The lowest BCUT2D eigenvalue weighted by Gasteiger charge is -2.22. The first kappa shape index (κ1) is 12.9. The molecule has 0 amide bonds. The highest BCUT2D eigenvalue weighted by Crippen LogP contribution is 2.20. The van der Waals surface area contributed by atoms with Gasteiger partial charge in [-0.25, -0.2) is 4.39 Å². The van der Waals surface area contributed by atoms with Gasteiger partial charge in [0, 0.05) is 32.9 Å². The molecular formula is C12H19FN2O. The predicted octanol–water partition coefficient (Wildman–Crippen LogP) is 1.63. The normalized spacial score (nSPS) is 10.5. The Bertz CT molecular complexity index is 331. The second-order valence-electron chi connectivity index (χ2n) is 3.72. The molecule has 0 heterocycles. The zero-order chi connectivity index (χ0) is 12.0. The first-order chi connectivity index (χ1) is 7.69. The van der Waals surface area contributed by atoms with Crippen molar-refractivity contribution in [1.82, 2.24) is 5.32 Å². The van der Waals surface area contributed by atoms with Gasteiger partial charge < -0.3 is 15.0 Å². The Morgan fingerprint density at radius 2 is 2.19 bits per heavy atom. The number of hydrogen-bond donors (Lipinski definition) is 1. The molecule has 0 saturated carbocycles. The summed E-state index contributed by atoms with van der Waals surface area (Å²) in [5.41, 5.74) is 1.99. The van der Waals surface area contributed by atoms with Crippen LogP contribution >= 0.6 is 0 Å². The standard InChI is InChI=1S/C12H19FN2O/c1-14-9-10-8-11(13)4-5-12(10)15(2)6-7-16-3/h4-5,8,14H,6-7,9H2,1-3H3. The van der Waals surface area contributed by atoms with Crippen LogP contribution in [-0.2, 0) is 11.3 Å². The van der Waals surface area contributed by atoms with E-state index in [0.29, 0.717) is 13.2 Å². The third kappa shape index (κ3) is 3.47. The highest BCUT2D eigenvalue weighted by molar-refractivity contribution is 5.53. The highest BCUT2D eigenvalue weighted by atomic mass is 19.1. The van der Waals surface area contributed by atoms with E-state index < -0.39 is 0 Å². The Morgan fingerprint density at radius 3 is 2.81 bits per heavy atom. The zero-order valence-corrected chi connectivity index (χ0v) is 10.1. The van der Waals surface area contributed by atoms with E-state index in [1.807, 2.05) is 14.1 Å². The molecule has 3 nitrogen and oxygen atoms in total. The maximum atomic E-state index is 13.1. The lowest BCUT2D eigenvalue weighted by Crippen LogP contribution is -2.24. The molecule has 0 spiro atoms. The number of hydrogen-bond acceptors (Lipinski definition) is 3. The lowest BCUT2D eigenvalue weighted by molar-refractivity contribution is 0.206. The fourth-order valence-corrected chi connectivity index (χ4v) is 1.61. The summed E-state index contributed by atoms with van der Waals surface area (Å²) in [5.74, 6) is -0.200. The molecule has 0 fully saturated rings. The van der Waals surface area contributed by atoms with Crippen LogP contribution in [0, 0.1) is 5.82 Å². The van der Waals surface area contributed by atoms with Crippen LogP contribution in [0.15, 0.2) is 18.2 Å². The van der Waals surface area contributed by atoms with Gasteiger partial charge in [0.2, 0.25) is 0 Å². The summed E-state index contributed by atoms with van der Waals surface area (Å²) in [6, 6.07) is 4.85. The summed E-state index contributed by atoms with van der Waals surface area (Å²) in [6.45, 7) is 2.11. The number of anilines is 1. The number of halogens is 1. The largest absolute Gasteiger partial charge is 0.383 e. The molecule has 0 aliphatic carbocycles. The Hall–Kier alpha value is -1.13. The smallest absolute Gasteiger partial charge is 0.123 e. The van der Waals surface area contributed by atoms with Crippen LogP contribution in [0.5, 0.6) is 0 Å². The molecular weight excluding hydrogens is 207 g/mol. The molecule has 1 aromatic carbocycles. The van der Waals surface area contributed by atoms with Crippen LogP contribution in [0.4, 0.5) is 10.1 Å². The van der Waals surface area contributed by atoms with Crippen LogP contribution in [0.2, 0.25) is 0 Å². The summed E-state index contributed by atoms with van der Waals surface area (Å²) in [4.78, 5) is 2.07. The van der Waals surface area contributed by atoms with Crippen molar-refractivity contribution in [2.24, 2.45) is 0 Å². The topological polar surface area (TPSA) is 24.5 Å². The van der Waals surface area contributed by atoms with Gasteiger partial charge in [-0.3, -0.25) is 0 Å². The number of ether oxygens (including phenoxy) is 1. The maximum Gasteiger partial charge on any atom is 0.123 e. The maximum absolute atomic E-state index is 13.1. The van der Waals surface area contributed by atoms with E-state index >= 15 is 0 Å². The van der Waals surface area contributed by atoms with Crippen molar-refractivity contribution in [2.45, 2.75) is 6.54 Å². The molecule has 90 valence electrons. The molecule has 0 aliphatic heterocycles. The molecule has 0 bridgehead atoms. The van der Waals surface area contributed by atoms with E-state index in [0.717, 1.165) is 17.8 Å². The molecule has 0 aromatic heterocycles. The molecule has 1 N–H and O–H groups in total. The molecule has 1 rings (SSSR count). The number of methoxy groups -OCH3 is 1. The predicted molar refractivity (Wildman–Crippen MR) is 64.3 cm³/mol. The van der Waals surface area contributed by atoms with Gasteiger partial charge in [0.25, 0.3) is 0 Å². The minimum absolute atomic E-state index is 0.200. The van der Waals surface area contributed by atoms with Crippen LogP contribution < -0.4 is 10.2 Å². The fourth-order valence-electron chi connectivity index (χ4n) is 1.61. The van der Waals surface area contributed by atoms with Gasteiger partial charge in [-0.1, -0.05) is 0 Å². The summed E-state index contributed by atoms with van der Waals surface area (Å²) in [6.07, 6.45) is 0. The van der Waals surface area contributed by atoms with E-state index in [9.17, 15) is 4.39 Å². The van der Waals surface area contributed by atoms with Gasteiger partial charge in [-0.15, -0.1) is 0 Å². The van der Waals surface area contributed by atoms with Crippen LogP contribution in [0.1, 0.15) is 5.56 Å². The Kier molecular flexibility index (Phi) is 5.22. The van der Waals surface area contributed by atoms with Crippen molar-refractivity contribution in [3.63, 3.8) is 0 Å². The van der Waals surface area contributed by atoms with Crippen molar-refractivity contribution < 1.29 is 9.13 Å². The zero-order valence-electron chi connectivity index (χ0n) is 10.1. The van der Waals surface area contributed by atoms with Crippen molar-refractivity contribution in [2.75, 3.05) is 39.3 Å². The quantitative estimate of drug-likeness (QED) is 0.798. The summed E-state index contributed by atoms with van der Waals surface area (Å²) >= 11 is 0. The third-order valence-corrected chi connectivity index (χ3v) is 2.45. The molecule has 16 heavy (non-hydrogen) atoms. The summed E-state index contributed by atoms with van der Waals surface area (Å²) in [7, 11) is 5.50. The SMILES string of the molecule is CNCc1cc(F)ccc1N(C)CCOC. The fraction of sp³-hybridized carbons (Fsp3) is 0.500. The minimum Gasteiger partial charge on any atom is -0.383 e. The van der Waals surface area contributed by atoms with E-state index in [1.54, 1.807) is 19.2 Å². The molecule has 4 heteroatoms. The Balaban J connectivity index is 2.84. The van der Waals surface area contributed by atoms with Crippen molar-refractivity contribution in [3.8, 4) is 0 Å². The Morgan fingerprint density at radius 1 is 1.44 bits per heavy atom. The van der Waals surface area contributed by atoms with Crippen LogP contribution in [0.25, 0.3) is 0 Å². The van der Waals surface area contributed by atoms with Gasteiger partial charge in [-0.2, -0.15) is 0 Å². The third-order valence-electron chi connectivity index (χ3n) is 2.45. The summed E-state index contributed by atoms with van der Waals surface area (Å²) in [5, 5.41) is 3.04. The van der Waals surface area contributed by atoms with Gasteiger partial charge in [-0.05, 0) is 30.8 Å². The number of rotatable bonds is 6. The van der Waals surface area contributed by atoms with Gasteiger partial charge >= 0.3 is 0 Å². The minimum atomic E-state index is -0.200. The van der Waals surface area contributed by atoms with E-state index in [1.165, 1.54) is 6.07 Å². The van der Waals surface area contributed by atoms with Crippen molar-refractivity contribution in [1.29, 1.82) is 0 Å². The van der Waals surface area contributed by atoms with Crippen LogP contribution in [0.3, 0.4) is 0 Å². The van der Waals surface area contributed by atoms with Crippen molar-refractivity contribution >= 4 is 5.69 Å². The average molecular weight is 226 g/mol. The van der Waals surface area contributed by atoms with Crippen molar-refractivity contribution in [3.05, 3.63) is 29.6 Å². The van der Waals surface area contributed by atoms with Crippen LogP contribution in [-0.4, -0.2) is 34.4 Å². The number of benzene rings is 1. The van der Waals surface area contributed by atoms with E-state index in [-0.39, 0.29) is 5.82 Å².